The van der Waals surface area contributed by atoms with Gasteiger partial charge in [0.1, 0.15) is 18.5 Å². The number of benzene rings is 2. The number of amides is 2. The maximum Gasteiger partial charge on any atom is 0.413 e. The van der Waals surface area contributed by atoms with Crippen molar-refractivity contribution < 1.29 is 19.1 Å². The molecule has 0 radical (unpaired) electrons. The van der Waals surface area contributed by atoms with Crippen LogP contribution in [-0.2, 0) is 22.7 Å². The third-order valence-corrected chi connectivity index (χ3v) is 5.24. The summed E-state index contributed by atoms with van der Waals surface area (Å²) >= 11 is 6.22. The molecule has 2 aromatic carbocycles. The SMILES string of the molecule is Cc1cc(NC(=O)O[C@H]2CNC(=O)C2)nn1Cc1cc(Cl)ccc1OCc1ccccc1. The largest absolute Gasteiger partial charge is 0.489 e. The van der Waals surface area contributed by atoms with Crippen molar-refractivity contribution in [2.24, 2.45) is 0 Å². The number of aromatic nitrogens is 2. The maximum atomic E-state index is 12.1. The average molecular weight is 455 g/mol. The van der Waals surface area contributed by atoms with E-state index in [0.717, 1.165) is 16.8 Å². The van der Waals surface area contributed by atoms with Crippen LogP contribution in [0.15, 0.2) is 54.6 Å². The molecule has 0 saturated carbocycles. The summed E-state index contributed by atoms with van der Waals surface area (Å²) in [5, 5.41) is 10.3. The van der Waals surface area contributed by atoms with Gasteiger partial charge in [0.15, 0.2) is 5.82 Å². The fourth-order valence-electron chi connectivity index (χ4n) is 3.39. The molecule has 3 aromatic rings. The van der Waals surface area contributed by atoms with E-state index in [1.165, 1.54) is 0 Å². The van der Waals surface area contributed by atoms with Crippen LogP contribution in [-0.4, -0.2) is 34.4 Å². The number of ether oxygens (including phenoxy) is 2. The van der Waals surface area contributed by atoms with Gasteiger partial charge in [0.25, 0.3) is 0 Å². The molecule has 32 heavy (non-hydrogen) atoms. The van der Waals surface area contributed by atoms with Gasteiger partial charge in [-0.1, -0.05) is 41.9 Å². The Hall–Kier alpha value is -3.52. The Kier molecular flexibility index (Phi) is 6.61. The van der Waals surface area contributed by atoms with Gasteiger partial charge >= 0.3 is 6.09 Å². The van der Waals surface area contributed by atoms with Crippen molar-refractivity contribution in [1.82, 2.24) is 15.1 Å². The number of nitrogens with one attached hydrogen (secondary N) is 2. The lowest BCUT2D eigenvalue weighted by Crippen LogP contribution is -2.24. The number of hydrogen-bond acceptors (Lipinski definition) is 5. The van der Waals surface area contributed by atoms with Gasteiger partial charge in [-0.25, -0.2) is 4.79 Å². The highest BCUT2D eigenvalue weighted by Gasteiger charge is 2.25. The Labute approximate surface area is 190 Å². The summed E-state index contributed by atoms with van der Waals surface area (Å²) in [6.45, 7) is 3.05. The van der Waals surface area contributed by atoms with Gasteiger partial charge in [-0.3, -0.25) is 14.8 Å². The molecule has 1 atom stereocenters. The van der Waals surface area contributed by atoms with Crippen LogP contribution in [0, 0.1) is 6.92 Å². The van der Waals surface area contributed by atoms with Crippen molar-refractivity contribution in [2.75, 3.05) is 11.9 Å². The van der Waals surface area contributed by atoms with Gasteiger partial charge in [0.05, 0.1) is 19.5 Å². The quantitative estimate of drug-likeness (QED) is 0.564. The molecule has 1 saturated heterocycles. The summed E-state index contributed by atoms with van der Waals surface area (Å²) in [7, 11) is 0. The summed E-state index contributed by atoms with van der Waals surface area (Å²) < 4.78 is 13.0. The third-order valence-electron chi connectivity index (χ3n) is 5.00. The fourth-order valence-corrected chi connectivity index (χ4v) is 3.58. The highest BCUT2D eigenvalue weighted by molar-refractivity contribution is 6.30. The lowest BCUT2D eigenvalue weighted by molar-refractivity contribution is -0.119. The zero-order valence-corrected chi connectivity index (χ0v) is 18.3. The zero-order valence-electron chi connectivity index (χ0n) is 17.5. The van der Waals surface area contributed by atoms with Gasteiger partial charge in [-0.2, -0.15) is 5.10 Å². The predicted molar refractivity (Wildman–Crippen MR) is 120 cm³/mol. The smallest absolute Gasteiger partial charge is 0.413 e. The van der Waals surface area contributed by atoms with Crippen LogP contribution in [0.5, 0.6) is 5.75 Å². The standard InChI is InChI=1S/C23H23ClN4O4/c1-15-9-21(26-23(30)32-19-11-22(29)25-12-19)27-28(15)13-17-10-18(24)7-8-20(17)31-14-16-5-3-2-4-6-16/h2-10,19H,11-14H2,1H3,(H,25,29)(H,26,27,30)/t19-/m1/s1. The van der Waals surface area contributed by atoms with Gasteiger partial charge in [-0.15, -0.1) is 0 Å². The van der Waals surface area contributed by atoms with Crippen LogP contribution < -0.4 is 15.4 Å². The van der Waals surface area contributed by atoms with E-state index in [4.69, 9.17) is 21.1 Å². The van der Waals surface area contributed by atoms with E-state index in [1.807, 2.05) is 49.4 Å². The predicted octanol–water partition coefficient (Wildman–Crippen LogP) is 3.91. The van der Waals surface area contributed by atoms with E-state index in [1.54, 1.807) is 16.8 Å². The third kappa shape index (κ3) is 5.59. The van der Waals surface area contributed by atoms with Gasteiger partial charge in [0, 0.05) is 22.3 Å². The van der Waals surface area contributed by atoms with Crippen LogP contribution in [0.4, 0.5) is 10.6 Å². The molecule has 0 bridgehead atoms. The topological polar surface area (TPSA) is 94.5 Å². The molecule has 4 rings (SSSR count). The molecule has 0 unspecified atom stereocenters. The first kappa shape index (κ1) is 21.7. The van der Waals surface area contributed by atoms with E-state index in [9.17, 15) is 9.59 Å². The van der Waals surface area contributed by atoms with E-state index in [0.29, 0.717) is 36.3 Å². The van der Waals surface area contributed by atoms with Crippen molar-refractivity contribution in [3.05, 3.63) is 76.4 Å². The van der Waals surface area contributed by atoms with Crippen LogP contribution >= 0.6 is 11.6 Å². The van der Waals surface area contributed by atoms with Crippen molar-refractivity contribution in [3.8, 4) is 5.75 Å². The summed E-state index contributed by atoms with van der Waals surface area (Å²) in [5.74, 6) is 0.939. The first-order valence-corrected chi connectivity index (χ1v) is 10.6. The second-order valence-corrected chi connectivity index (χ2v) is 7.95. The Bertz CT molecular complexity index is 1120. The number of carbonyl (C=O) groups is 2. The molecule has 1 aliphatic heterocycles. The summed E-state index contributed by atoms with van der Waals surface area (Å²) in [6.07, 6.45) is -0.950. The monoisotopic (exact) mass is 454 g/mol. The number of carbonyl (C=O) groups excluding carboxylic acids is 2. The second-order valence-electron chi connectivity index (χ2n) is 7.52. The number of halogens is 1. The lowest BCUT2D eigenvalue weighted by Gasteiger charge is -2.13. The van der Waals surface area contributed by atoms with Crippen LogP contribution in [0.1, 0.15) is 23.2 Å². The van der Waals surface area contributed by atoms with Crippen molar-refractivity contribution in [2.45, 2.75) is 32.6 Å². The second kappa shape index (κ2) is 9.74. The Morgan fingerprint density at radius 3 is 2.81 bits per heavy atom. The van der Waals surface area contributed by atoms with E-state index in [-0.39, 0.29) is 12.3 Å². The van der Waals surface area contributed by atoms with Crippen molar-refractivity contribution in [1.29, 1.82) is 0 Å². The highest BCUT2D eigenvalue weighted by Crippen LogP contribution is 2.25. The molecule has 0 aliphatic carbocycles. The minimum absolute atomic E-state index is 0.130. The minimum atomic E-state index is -0.647. The number of anilines is 1. The Morgan fingerprint density at radius 2 is 2.06 bits per heavy atom. The van der Waals surface area contributed by atoms with E-state index in [2.05, 4.69) is 15.7 Å². The van der Waals surface area contributed by atoms with Gasteiger partial charge in [0.2, 0.25) is 5.91 Å². The summed E-state index contributed by atoms with van der Waals surface area (Å²) in [6, 6.07) is 17.1. The summed E-state index contributed by atoms with van der Waals surface area (Å²) in [5.41, 5.74) is 2.77. The molecular weight excluding hydrogens is 432 g/mol. The average Bonchev–Trinajstić information content (AvgIpc) is 3.32. The lowest BCUT2D eigenvalue weighted by atomic mass is 10.2. The Morgan fingerprint density at radius 1 is 1.25 bits per heavy atom. The van der Waals surface area contributed by atoms with Crippen LogP contribution in [0.2, 0.25) is 5.02 Å². The van der Waals surface area contributed by atoms with Crippen molar-refractivity contribution >= 4 is 29.4 Å². The molecule has 2 N–H and O–H groups in total. The molecule has 1 fully saturated rings. The maximum absolute atomic E-state index is 12.1. The molecule has 0 spiro atoms. The zero-order chi connectivity index (χ0) is 22.5. The molecule has 1 aliphatic rings. The van der Waals surface area contributed by atoms with E-state index >= 15 is 0 Å². The normalized spacial score (nSPS) is 15.3. The van der Waals surface area contributed by atoms with Crippen LogP contribution in [0.25, 0.3) is 0 Å². The fraction of sp³-hybridized carbons (Fsp3) is 0.261. The Balaban J connectivity index is 1.42. The minimum Gasteiger partial charge on any atom is -0.489 e. The van der Waals surface area contributed by atoms with Gasteiger partial charge < -0.3 is 14.8 Å². The molecule has 1 aromatic heterocycles. The van der Waals surface area contributed by atoms with E-state index < -0.39 is 12.2 Å². The first-order chi connectivity index (χ1) is 15.5. The molecular formula is C23H23ClN4O4. The summed E-state index contributed by atoms with van der Waals surface area (Å²) in [4.78, 5) is 23.3. The molecule has 9 heteroatoms. The first-order valence-electron chi connectivity index (χ1n) is 10.2. The number of nitrogens with zero attached hydrogens (tertiary/aromatic N) is 2. The number of rotatable bonds is 7. The van der Waals surface area contributed by atoms with Crippen molar-refractivity contribution in [3.63, 3.8) is 0 Å². The van der Waals surface area contributed by atoms with Gasteiger partial charge in [-0.05, 0) is 30.7 Å². The molecule has 166 valence electrons. The number of hydrogen-bond donors (Lipinski definition) is 2. The molecule has 2 heterocycles. The number of aryl methyl sites for hydroxylation is 1. The molecule has 8 nitrogen and oxygen atoms in total. The highest BCUT2D eigenvalue weighted by atomic mass is 35.5. The molecule has 2 amide bonds. The van der Waals surface area contributed by atoms with Crippen LogP contribution in [0.3, 0.4) is 0 Å².